The van der Waals surface area contributed by atoms with Crippen molar-refractivity contribution in [2.75, 3.05) is 6.61 Å². The Morgan fingerprint density at radius 3 is 2.82 bits per heavy atom. The van der Waals surface area contributed by atoms with Crippen LogP contribution in [0.25, 0.3) is 0 Å². The smallest absolute Gasteiger partial charge is 0.330 e. The lowest BCUT2D eigenvalue weighted by molar-refractivity contribution is -0.156. The molecule has 5 atom stereocenters. The lowest BCUT2D eigenvalue weighted by atomic mass is 9.94. The van der Waals surface area contributed by atoms with Crippen LogP contribution in [0.3, 0.4) is 0 Å². The summed E-state index contributed by atoms with van der Waals surface area (Å²) in [5, 5.41) is -0.421. The van der Waals surface area contributed by atoms with Crippen molar-refractivity contribution in [3.8, 4) is 0 Å². The summed E-state index contributed by atoms with van der Waals surface area (Å²) in [5.74, 6) is -0.921. The van der Waals surface area contributed by atoms with Gasteiger partial charge in [-0.2, -0.15) is 8.42 Å². The van der Waals surface area contributed by atoms with Crippen LogP contribution in [0.4, 0.5) is 0 Å². The van der Waals surface area contributed by atoms with Gasteiger partial charge < -0.3 is 9.47 Å². The van der Waals surface area contributed by atoms with Gasteiger partial charge in [-0.15, -0.1) is 0 Å². The van der Waals surface area contributed by atoms with Crippen molar-refractivity contribution in [3.63, 3.8) is 0 Å². The highest BCUT2D eigenvalue weighted by Gasteiger charge is 2.65. The molecule has 0 spiro atoms. The topological polar surface area (TPSA) is 96.0 Å². The van der Waals surface area contributed by atoms with Crippen molar-refractivity contribution < 1.29 is 31.7 Å². The number of ether oxygens (including phenoxy) is 2. The number of carbonyl (C=O) groups excluding carboxylic acids is 2. The normalized spacial score (nSPS) is 37.0. The molecule has 2 saturated carbocycles. The molecular weight excluding hydrogens is 312 g/mol. The van der Waals surface area contributed by atoms with Crippen LogP contribution in [0, 0.1) is 11.8 Å². The van der Waals surface area contributed by atoms with E-state index in [9.17, 15) is 18.0 Å². The highest BCUT2D eigenvalue weighted by atomic mass is 32.2. The number of esters is 2. The Kier molecular flexibility index (Phi) is 3.98. The molecule has 0 aromatic rings. The van der Waals surface area contributed by atoms with Gasteiger partial charge in [0, 0.05) is 24.3 Å². The predicted octanol–water partition coefficient (Wildman–Crippen LogP) is 0.545. The minimum atomic E-state index is -3.49. The van der Waals surface area contributed by atoms with E-state index in [0.29, 0.717) is 12.8 Å². The molecule has 0 aromatic carbocycles. The summed E-state index contributed by atoms with van der Waals surface area (Å²) >= 11 is 0. The van der Waals surface area contributed by atoms with Crippen LogP contribution in [0.15, 0.2) is 12.7 Å². The maximum atomic E-state index is 11.8. The van der Waals surface area contributed by atoms with E-state index >= 15 is 0 Å². The molecule has 8 heteroatoms. The highest BCUT2D eigenvalue weighted by Crippen LogP contribution is 2.55. The van der Waals surface area contributed by atoms with Crippen LogP contribution in [0.2, 0.25) is 0 Å². The third-order valence-corrected chi connectivity index (χ3v) is 6.39. The first-order chi connectivity index (χ1) is 10.4. The van der Waals surface area contributed by atoms with Gasteiger partial charge in [-0.1, -0.05) is 6.58 Å². The largest absolute Gasteiger partial charge is 0.463 e. The maximum absolute atomic E-state index is 11.8. The number of rotatable bonds is 6. The van der Waals surface area contributed by atoms with E-state index in [1.54, 1.807) is 0 Å². The molecule has 5 unspecified atom stereocenters. The van der Waals surface area contributed by atoms with Crippen molar-refractivity contribution >= 4 is 22.1 Å². The molecule has 2 aliphatic carbocycles. The second kappa shape index (κ2) is 5.66. The number of hydrogen-bond donors (Lipinski definition) is 0. The van der Waals surface area contributed by atoms with E-state index in [0.717, 1.165) is 12.5 Å². The average molecular weight is 330 g/mol. The summed E-state index contributed by atoms with van der Waals surface area (Å²) in [7, 11) is -3.49. The molecule has 22 heavy (non-hydrogen) atoms. The van der Waals surface area contributed by atoms with Crippen molar-refractivity contribution in [3.05, 3.63) is 12.7 Å². The number of carbonyl (C=O) groups is 2. The molecule has 1 heterocycles. The van der Waals surface area contributed by atoms with Gasteiger partial charge in [-0.3, -0.25) is 8.98 Å². The van der Waals surface area contributed by atoms with Crippen molar-refractivity contribution in [1.29, 1.82) is 0 Å². The summed E-state index contributed by atoms with van der Waals surface area (Å²) < 4.78 is 38.9. The first-order valence-electron chi connectivity index (χ1n) is 7.33. The van der Waals surface area contributed by atoms with Crippen LogP contribution in [0.5, 0.6) is 0 Å². The lowest BCUT2D eigenvalue weighted by Crippen LogP contribution is -2.37. The zero-order valence-electron chi connectivity index (χ0n) is 12.0. The third-order valence-electron chi connectivity index (χ3n) is 4.62. The second-order valence-electron chi connectivity index (χ2n) is 5.92. The molecule has 3 aliphatic rings. The van der Waals surface area contributed by atoms with E-state index < -0.39 is 39.5 Å². The lowest BCUT2D eigenvalue weighted by Gasteiger charge is -2.24. The molecule has 1 saturated heterocycles. The summed E-state index contributed by atoms with van der Waals surface area (Å²) in [6, 6.07) is 0. The maximum Gasteiger partial charge on any atom is 0.330 e. The van der Waals surface area contributed by atoms with Gasteiger partial charge in [-0.25, -0.2) is 4.79 Å². The first-order valence-corrected chi connectivity index (χ1v) is 8.80. The fraction of sp³-hybridized carbons (Fsp3) is 0.714. The highest BCUT2D eigenvalue weighted by molar-refractivity contribution is 7.87. The molecular formula is C14H18O7S. The number of fused-ring (bicyclic) bond motifs is 1. The van der Waals surface area contributed by atoms with E-state index in [-0.39, 0.29) is 24.9 Å². The fourth-order valence-corrected chi connectivity index (χ4v) is 5.58. The van der Waals surface area contributed by atoms with Crippen molar-refractivity contribution in [2.24, 2.45) is 11.8 Å². The van der Waals surface area contributed by atoms with Crippen LogP contribution in [-0.4, -0.2) is 44.4 Å². The average Bonchev–Trinajstić information content (AvgIpc) is 3.07. The minimum absolute atomic E-state index is 0.0404. The molecule has 3 fully saturated rings. The standard InChI is InChI=1S/C14H18O7S/c1-2-11(15)19-5-3-4-12(16)20-13-8-6-9-10(7-8)22(17,18)21-14(9)13/h2,8-10,13-14H,1,3-7H2. The Balaban J connectivity index is 1.47. The zero-order chi connectivity index (χ0) is 15.9. The summed E-state index contributed by atoms with van der Waals surface area (Å²) in [5.41, 5.74) is 0. The van der Waals surface area contributed by atoms with Gasteiger partial charge in [0.15, 0.2) is 0 Å². The van der Waals surface area contributed by atoms with Gasteiger partial charge in [-0.05, 0) is 19.3 Å². The molecule has 7 nitrogen and oxygen atoms in total. The Morgan fingerprint density at radius 2 is 2.09 bits per heavy atom. The second-order valence-corrected chi connectivity index (χ2v) is 7.70. The zero-order valence-corrected chi connectivity index (χ0v) is 12.8. The van der Waals surface area contributed by atoms with E-state index in [1.165, 1.54) is 0 Å². The van der Waals surface area contributed by atoms with Gasteiger partial charge in [0.2, 0.25) is 0 Å². The third kappa shape index (κ3) is 2.65. The molecule has 2 bridgehead atoms. The Bertz CT molecular complexity index is 596. The van der Waals surface area contributed by atoms with Crippen LogP contribution >= 0.6 is 0 Å². The monoisotopic (exact) mass is 330 g/mol. The van der Waals surface area contributed by atoms with E-state index in [4.69, 9.17) is 13.7 Å². The Labute approximate surface area is 128 Å². The summed E-state index contributed by atoms with van der Waals surface area (Å²) in [4.78, 5) is 22.7. The van der Waals surface area contributed by atoms with Crippen LogP contribution in [-0.2, 0) is 33.4 Å². The molecule has 0 N–H and O–H groups in total. The van der Waals surface area contributed by atoms with Crippen LogP contribution < -0.4 is 0 Å². The summed E-state index contributed by atoms with van der Waals surface area (Å²) in [6.45, 7) is 3.39. The first kappa shape index (κ1) is 15.5. The Morgan fingerprint density at radius 1 is 1.32 bits per heavy atom. The van der Waals surface area contributed by atoms with Gasteiger partial charge in [0.05, 0.1) is 11.9 Å². The molecule has 122 valence electrons. The van der Waals surface area contributed by atoms with Crippen LogP contribution in [0.1, 0.15) is 25.7 Å². The van der Waals surface area contributed by atoms with Gasteiger partial charge >= 0.3 is 11.9 Å². The Hall–Kier alpha value is -1.41. The fourth-order valence-electron chi connectivity index (χ4n) is 3.70. The summed E-state index contributed by atoms with van der Waals surface area (Å²) in [6.07, 6.45) is 1.79. The molecule has 0 amide bonds. The minimum Gasteiger partial charge on any atom is -0.463 e. The van der Waals surface area contributed by atoms with Crippen molar-refractivity contribution in [2.45, 2.75) is 43.1 Å². The predicted molar refractivity (Wildman–Crippen MR) is 74.1 cm³/mol. The molecule has 1 aliphatic heterocycles. The molecule has 3 rings (SSSR count). The van der Waals surface area contributed by atoms with Gasteiger partial charge in [0.1, 0.15) is 12.2 Å². The van der Waals surface area contributed by atoms with E-state index in [1.807, 2.05) is 0 Å². The molecule has 0 aromatic heterocycles. The van der Waals surface area contributed by atoms with E-state index in [2.05, 4.69) is 6.58 Å². The quantitative estimate of drug-likeness (QED) is 0.303. The molecule has 0 radical (unpaired) electrons. The SMILES string of the molecule is C=CC(=O)OCCCC(=O)OC1C2CC3C1OS(=O)(=O)C3C2. The number of hydrogen-bond acceptors (Lipinski definition) is 7. The van der Waals surface area contributed by atoms with Crippen molar-refractivity contribution in [1.82, 2.24) is 0 Å². The van der Waals surface area contributed by atoms with Gasteiger partial charge in [0.25, 0.3) is 10.1 Å².